The van der Waals surface area contributed by atoms with Crippen molar-refractivity contribution in [2.45, 2.75) is 25.7 Å². The molecule has 2 heterocycles. The lowest BCUT2D eigenvalue weighted by Gasteiger charge is -2.29. The topological polar surface area (TPSA) is 6.48 Å². The lowest BCUT2D eigenvalue weighted by atomic mass is 9.83. The van der Waals surface area contributed by atoms with Gasteiger partial charge in [0.25, 0.3) is 0 Å². The number of aryl methyl sites for hydroxylation is 4. The van der Waals surface area contributed by atoms with Gasteiger partial charge in [0.15, 0.2) is 0 Å². The lowest BCUT2D eigenvalue weighted by Crippen LogP contribution is -2.12. The Morgan fingerprint density at radius 3 is 0.969 bits per heavy atom. The van der Waals surface area contributed by atoms with Crippen LogP contribution in [0, 0.1) is 0 Å². The van der Waals surface area contributed by atoms with E-state index in [1.165, 1.54) is 110 Å². The maximum Gasteiger partial charge on any atom is 0.0493 e. The zero-order valence-electron chi connectivity index (χ0n) is 35.5. The number of anilines is 6. The molecule has 0 unspecified atom stereocenters. The van der Waals surface area contributed by atoms with Gasteiger partial charge in [0.05, 0.1) is 0 Å². The van der Waals surface area contributed by atoms with Crippen LogP contribution in [-0.4, -0.2) is 0 Å². The monoisotopic (exact) mass is 816 g/mol. The molecule has 0 atom stereocenters. The first kappa shape index (κ1) is 36.7. The van der Waals surface area contributed by atoms with Gasteiger partial charge in [-0.05, 0) is 162 Å². The van der Waals surface area contributed by atoms with Crippen LogP contribution >= 0.6 is 0 Å². The van der Waals surface area contributed by atoms with Crippen LogP contribution in [0.1, 0.15) is 22.3 Å². The molecule has 0 aromatic heterocycles. The van der Waals surface area contributed by atoms with Crippen molar-refractivity contribution in [1.29, 1.82) is 0 Å². The Hall–Kier alpha value is -7.94. The van der Waals surface area contributed by atoms with Gasteiger partial charge in [0, 0.05) is 34.1 Å². The maximum atomic E-state index is 2.52. The number of hydrogen-bond acceptors (Lipinski definition) is 2. The van der Waals surface area contributed by atoms with Crippen molar-refractivity contribution in [1.82, 2.24) is 0 Å². The summed E-state index contributed by atoms with van der Waals surface area (Å²) in [4.78, 5) is 5.03. The molecule has 0 fully saturated rings. The number of hydrogen-bond donors (Lipinski definition) is 0. The van der Waals surface area contributed by atoms with E-state index in [0.717, 1.165) is 37.1 Å². The van der Waals surface area contributed by atoms with Crippen LogP contribution in [0.15, 0.2) is 218 Å². The molecule has 2 heteroatoms. The Kier molecular flexibility index (Phi) is 8.52. The second-order valence-electron chi connectivity index (χ2n) is 17.4. The maximum absolute atomic E-state index is 2.52. The third-order valence-corrected chi connectivity index (χ3v) is 14.0. The van der Waals surface area contributed by atoms with Crippen molar-refractivity contribution in [3.63, 3.8) is 0 Å². The van der Waals surface area contributed by atoms with Crippen LogP contribution in [0.2, 0.25) is 0 Å². The third kappa shape index (κ3) is 5.80. The number of rotatable bonds is 4. The molecular formula is C62H44N2. The Balaban J connectivity index is 1.18. The molecule has 0 radical (unpaired) electrons. The summed E-state index contributed by atoms with van der Waals surface area (Å²) in [6.07, 6.45) is 4.01. The smallest absolute Gasteiger partial charge is 0.0493 e. The van der Waals surface area contributed by atoms with Gasteiger partial charge in [-0.25, -0.2) is 0 Å². The van der Waals surface area contributed by atoms with Gasteiger partial charge in [-0.2, -0.15) is 0 Å². The van der Waals surface area contributed by atoms with Crippen LogP contribution in [0.4, 0.5) is 34.1 Å². The second kappa shape index (κ2) is 14.9. The van der Waals surface area contributed by atoms with E-state index in [1.54, 1.807) is 0 Å². The molecule has 64 heavy (non-hydrogen) atoms. The number of para-hydroxylation sites is 4. The van der Waals surface area contributed by atoms with E-state index in [4.69, 9.17) is 0 Å². The summed E-state index contributed by atoms with van der Waals surface area (Å²) in [6.45, 7) is 0. The SMILES string of the molecule is c1ccc2c(c1)CCc1ccccc1N2c1ccc2c(-c3cccc4ccccc34)c3cc(N4c5ccccc5CCc5ccccc54)ccc3c(-c3cccc4ccccc34)c2c1. The molecule has 0 N–H and O–H groups in total. The van der Waals surface area contributed by atoms with Crippen LogP contribution < -0.4 is 9.80 Å². The summed E-state index contributed by atoms with van der Waals surface area (Å²) in [5.41, 5.74) is 17.8. The molecule has 0 spiro atoms. The van der Waals surface area contributed by atoms with Gasteiger partial charge in [0.1, 0.15) is 0 Å². The molecule has 0 bridgehead atoms. The number of nitrogens with zero attached hydrogens (tertiary/aromatic N) is 2. The van der Waals surface area contributed by atoms with Crippen molar-refractivity contribution >= 4 is 77.2 Å². The Morgan fingerprint density at radius 2 is 0.578 bits per heavy atom. The van der Waals surface area contributed by atoms with Gasteiger partial charge in [-0.3, -0.25) is 0 Å². The lowest BCUT2D eigenvalue weighted by molar-refractivity contribution is 0.977. The minimum absolute atomic E-state index is 1.00. The van der Waals surface area contributed by atoms with E-state index < -0.39 is 0 Å². The van der Waals surface area contributed by atoms with Crippen molar-refractivity contribution in [3.8, 4) is 22.3 Å². The van der Waals surface area contributed by atoms with Crippen molar-refractivity contribution in [2.24, 2.45) is 0 Å². The van der Waals surface area contributed by atoms with Gasteiger partial charge >= 0.3 is 0 Å². The molecule has 0 aliphatic carbocycles. The predicted octanol–water partition coefficient (Wildman–Crippen LogP) is 16.8. The molecule has 2 aliphatic rings. The second-order valence-corrected chi connectivity index (χ2v) is 17.4. The highest BCUT2D eigenvalue weighted by molar-refractivity contribution is 6.26. The molecule has 0 saturated carbocycles. The molecule has 0 amide bonds. The van der Waals surface area contributed by atoms with E-state index in [-0.39, 0.29) is 0 Å². The summed E-state index contributed by atoms with van der Waals surface area (Å²) >= 11 is 0. The average molecular weight is 817 g/mol. The standard InChI is InChI=1S/C62H44N2/c1-7-23-49-41(15-1)21-13-25-51(49)61-53-37-35-48(64-59-29-11-5-19-45(59)33-34-46-20-6-12-30-60(46)64)40-56(53)62(52-26-14-22-42-16-2-8-24-50(42)52)54-38-36-47(39-55(54)61)63-57-27-9-3-17-43(57)31-32-44-18-4-10-28-58(44)63/h1-30,35-40H,31-34H2. The first-order chi connectivity index (χ1) is 31.8. The third-order valence-electron chi connectivity index (χ3n) is 14.0. The van der Waals surface area contributed by atoms with Crippen molar-refractivity contribution in [3.05, 3.63) is 241 Å². The minimum atomic E-state index is 1.00. The summed E-state index contributed by atoms with van der Waals surface area (Å²) < 4.78 is 0. The number of fused-ring (bicyclic) bond motifs is 8. The minimum Gasteiger partial charge on any atom is -0.310 e. The van der Waals surface area contributed by atoms with Crippen LogP contribution in [0.3, 0.4) is 0 Å². The highest BCUT2D eigenvalue weighted by atomic mass is 15.2. The number of benzene rings is 11. The van der Waals surface area contributed by atoms with E-state index in [9.17, 15) is 0 Å². The first-order valence-corrected chi connectivity index (χ1v) is 22.7. The molecule has 11 aromatic carbocycles. The van der Waals surface area contributed by atoms with Crippen molar-refractivity contribution < 1.29 is 0 Å². The van der Waals surface area contributed by atoms with Crippen LogP contribution in [0.25, 0.3) is 65.3 Å². The fourth-order valence-electron chi connectivity index (χ4n) is 11.1. The average Bonchev–Trinajstić information content (AvgIpc) is 3.63. The Bertz CT molecular complexity index is 3310. The largest absolute Gasteiger partial charge is 0.310 e. The Labute approximate surface area is 373 Å². The highest BCUT2D eigenvalue weighted by Gasteiger charge is 2.27. The summed E-state index contributed by atoms with van der Waals surface area (Å²) in [5.74, 6) is 0. The van der Waals surface area contributed by atoms with Crippen LogP contribution in [0.5, 0.6) is 0 Å². The van der Waals surface area contributed by atoms with E-state index in [2.05, 4.69) is 228 Å². The van der Waals surface area contributed by atoms with Gasteiger partial charge in [0.2, 0.25) is 0 Å². The van der Waals surface area contributed by atoms with Crippen molar-refractivity contribution in [2.75, 3.05) is 9.80 Å². The molecule has 13 rings (SSSR count). The molecule has 0 saturated heterocycles. The Morgan fingerprint density at radius 1 is 0.250 bits per heavy atom. The molecule has 302 valence electrons. The summed E-state index contributed by atoms with van der Waals surface area (Å²) in [6, 6.07) is 81.9. The normalized spacial score (nSPS) is 13.3. The van der Waals surface area contributed by atoms with Gasteiger partial charge in [-0.15, -0.1) is 0 Å². The zero-order chi connectivity index (χ0) is 42.1. The molecule has 2 aliphatic heterocycles. The quantitative estimate of drug-likeness (QED) is 0.163. The van der Waals surface area contributed by atoms with E-state index in [1.807, 2.05) is 0 Å². The van der Waals surface area contributed by atoms with E-state index in [0.29, 0.717) is 0 Å². The zero-order valence-corrected chi connectivity index (χ0v) is 35.5. The predicted molar refractivity (Wildman–Crippen MR) is 272 cm³/mol. The first-order valence-electron chi connectivity index (χ1n) is 22.7. The highest BCUT2D eigenvalue weighted by Crippen LogP contribution is 2.51. The van der Waals surface area contributed by atoms with Crippen LogP contribution in [-0.2, 0) is 25.7 Å². The summed E-state index contributed by atoms with van der Waals surface area (Å²) in [5, 5.41) is 9.92. The van der Waals surface area contributed by atoms with E-state index >= 15 is 0 Å². The van der Waals surface area contributed by atoms with Gasteiger partial charge in [-0.1, -0.05) is 170 Å². The fourth-order valence-corrected chi connectivity index (χ4v) is 11.1. The fraction of sp³-hybridized carbons (Fsp3) is 0.0645. The molecule has 2 nitrogen and oxygen atoms in total. The molecular weight excluding hydrogens is 773 g/mol. The summed E-state index contributed by atoms with van der Waals surface area (Å²) in [7, 11) is 0. The van der Waals surface area contributed by atoms with Gasteiger partial charge < -0.3 is 9.80 Å². The molecule has 11 aromatic rings.